The monoisotopic (exact) mass is 324 g/mol. The van der Waals surface area contributed by atoms with Crippen molar-refractivity contribution in [2.75, 3.05) is 20.5 Å². The molecule has 1 aromatic rings. The Labute approximate surface area is 140 Å². The zero-order valence-electron chi connectivity index (χ0n) is 15.1. The molecule has 4 heteroatoms. The van der Waals surface area contributed by atoms with Crippen molar-refractivity contribution in [2.45, 2.75) is 64.7 Å². The lowest BCUT2D eigenvalue weighted by Crippen LogP contribution is -2.18. The molecule has 0 amide bonds. The summed E-state index contributed by atoms with van der Waals surface area (Å²) >= 11 is 0. The predicted molar refractivity (Wildman–Crippen MR) is 93.0 cm³/mol. The third-order valence-electron chi connectivity index (χ3n) is 4.23. The van der Waals surface area contributed by atoms with E-state index in [9.17, 15) is 0 Å². The van der Waals surface area contributed by atoms with Gasteiger partial charge in [0.15, 0.2) is 6.79 Å². The van der Waals surface area contributed by atoms with E-state index in [0.29, 0.717) is 6.42 Å². The topological polar surface area (TPSA) is 47.9 Å². The van der Waals surface area contributed by atoms with Crippen LogP contribution in [0.2, 0.25) is 0 Å². The molecular formula is C19H32O4. The fourth-order valence-electron chi connectivity index (χ4n) is 2.71. The number of unbranched alkanes of at least 4 members (excludes halogenated alkanes) is 3. The molecule has 0 saturated heterocycles. The average molecular weight is 324 g/mol. The van der Waals surface area contributed by atoms with E-state index in [1.54, 1.807) is 7.11 Å². The lowest BCUT2D eigenvalue weighted by atomic mass is 9.79. The Kier molecular flexibility index (Phi) is 9.22. The molecular weight excluding hydrogens is 292 g/mol. The smallest absolute Gasteiger partial charge is 0.188 e. The summed E-state index contributed by atoms with van der Waals surface area (Å²) in [7, 11) is 1.61. The van der Waals surface area contributed by atoms with E-state index in [0.717, 1.165) is 17.7 Å². The molecule has 4 nitrogen and oxygen atoms in total. The fraction of sp³-hybridized carbons (Fsp3) is 0.684. The van der Waals surface area contributed by atoms with Gasteiger partial charge in [-0.3, -0.25) is 5.26 Å². The lowest BCUT2D eigenvalue weighted by molar-refractivity contribution is -0.241. The highest BCUT2D eigenvalue weighted by Crippen LogP contribution is 2.33. The van der Waals surface area contributed by atoms with Gasteiger partial charge in [-0.25, -0.2) is 4.89 Å². The SMILES string of the molecule is CCCCCCC(C)(C)c1cc(CCOO)cc(OCOC)c1. The normalized spacial score (nSPS) is 11.7. The largest absolute Gasteiger partial charge is 0.468 e. The molecule has 0 aliphatic rings. The third kappa shape index (κ3) is 7.34. The lowest BCUT2D eigenvalue weighted by Gasteiger charge is -2.27. The second-order valence-electron chi connectivity index (χ2n) is 6.69. The van der Waals surface area contributed by atoms with Crippen LogP contribution in [0.25, 0.3) is 0 Å². The Balaban J connectivity index is 2.87. The van der Waals surface area contributed by atoms with Crippen LogP contribution in [-0.4, -0.2) is 25.8 Å². The molecule has 0 bridgehead atoms. The Morgan fingerprint density at radius 1 is 1.09 bits per heavy atom. The minimum absolute atomic E-state index is 0.0923. The van der Waals surface area contributed by atoms with Crippen LogP contribution >= 0.6 is 0 Å². The zero-order valence-corrected chi connectivity index (χ0v) is 15.1. The Hall–Kier alpha value is -1.10. The van der Waals surface area contributed by atoms with Crippen molar-refractivity contribution in [1.29, 1.82) is 0 Å². The summed E-state index contributed by atoms with van der Waals surface area (Å²) in [6.45, 7) is 7.30. The maximum Gasteiger partial charge on any atom is 0.188 e. The number of hydrogen-bond acceptors (Lipinski definition) is 4. The first kappa shape index (κ1) is 19.9. The Bertz CT molecular complexity index is 417. The molecule has 0 fully saturated rings. The molecule has 0 atom stereocenters. The standard InChI is InChI=1S/C19H32O4/c1-5-6-7-8-10-19(2,3)17-12-16(9-11-23-20)13-18(14-17)22-15-21-4/h12-14,20H,5-11,15H2,1-4H3. The number of benzene rings is 1. The van der Waals surface area contributed by atoms with Crippen LogP contribution in [0, 0.1) is 0 Å². The summed E-state index contributed by atoms with van der Waals surface area (Å²) in [5.41, 5.74) is 2.45. The number of ether oxygens (including phenoxy) is 2. The van der Waals surface area contributed by atoms with E-state index in [1.807, 2.05) is 6.07 Å². The highest BCUT2D eigenvalue weighted by atomic mass is 17.1. The van der Waals surface area contributed by atoms with Gasteiger partial charge >= 0.3 is 0 Å². The van der Waals surface area contributed by atoms with E-state index in [2.05, 4.69) is 37.8 Å². The van der Waals surface area contributed by atoms with Crippen molar-refractivity contribution in [2.24, 2.45) is 0 Å². The second-order valence-corrected chi connectivity index (χ2v) is 6.69. The molecule has 0 heterocycles. The first-order valence-corrected chi connectivity index (χ1v) is 8.56. The van der Waals surface area contributed by atoms with Gasteiger partial charge in [0.1, 0.15) is 5.75 Å². The van der Waals surface area contributed by atoms with Gasteiger partial charge in [0.25, 0.3) is 0 Å². The molecule has 0 radical (unpaired) electrons. The minimum atomic E-state index is 0.0923. The quantitative estimate of drug-likeness (QED) is 0.256. The molecule has 1 N–H and O–H groups in total. The van der Waals surface area contributed by atoms with Gasteiger partial charge < -0.3 is 9.47 Å². The van der Waals surface area contributed by atoms with Gasteiger partial charge in [-0.1, -0.05) is 52.5 Å². The van der Waals surface area contributed by atoms with E-state index in [-0.39, 0.29) is 18.8 Å². The van der Waals surface area contributed by atoms with Gasteiger partial charge in [0, 0.05) is 7.11 Å². The molecule has 0 aliphatic heterocycles. The molecule has 0 aromatic heterocycles. The van der Waals surface area contributed by atoms with Crippen LogP contribution in [0.3, 0.4) is 0 Å². The molecule has 0 saturated carbocycles. The summed E-state index contributed by atoms with van der Waals surface area (Å²) in [5, 5.41) is 8.58. The van der Waals surface area contributed by atoms with E-state index in [4.69, 9.17) is 14.7 Å². The van der Waals surface area contributed by atoms with Crippen LogP contribution in [0.5, 0.6) is 5.75 Å². The van der Waals surface area contributed by atoms with Crippen LogP contribution in [0.4, 0.5) is 0 Å². The molecule has 1 rings (SSSR count). The third-order valence-corrected chi connectivity index (χ3v) is 4.23. The van der Waals surface area contributed by atoms with E-state index < -0.39 is 0 Å². The van der Waals surface area contributed by atoms with Gasteiger partial charge in [-0.2, -0.15) is 0 Å². The van der Waals surface area contributed by atoms with Crippen molar-refractivity contribution in [3.63, 3.8) is 0 Å². The molecule has 0 spiro atoms. The van der Waals surface area contributed by atoms with Gasteiger partial charge in [0.05, 0.1) is 6.61 Å². The summed E-state index contributed by atoms with van der Waals surface area (Å²) < 4.78 is 10.6. The minimum Gasteiger partial charge on any atom is -0.468 e. The van der Waals surface area contributed by atoms with Crippen LogP contribution in [-0.2, 0) is 21.5 Å². The van der Waals surface area contributed by atoms with Crippen LogP contribution in [0.15, 0.2) is 18.2 Å². The van der Waals surface area contributed by atoms with Gasteiger partial charge in [0.2, 0.25) is 0 Å². The van der Waals surface area contributed by atoms with Crippen molar-refractivity contribution >= 4 is 0 Å². The number of hydrogen-bond donors (Lipinski definition) is 1. The zero-order chi connectivity index (χ0) is 17.1. The van der Waals surface area contributed by atoms with Crippen molar-refractivity contribution in [3.05, 3.63) is 29.3 Å². The maximum atomic E-state index is 8.58. The molecule has 1 aromatic carbocycles. The fourth-order valence-corrected chi connectivity index (χ4v) is 2.71. The van der Waals surface area contributed by atoms with Crippen molar-refractivity contribution in [1.82, 2.24) is 0 Å². The highest BCUT2D eigenvalue weighted by Gasteiger charge is 2.21. The maximum absolute atomic E-state index is 8.58. The van der Waals surface area contributed by atoms with E-state index in [1.165, 1.54) is 31.2 Å². The van der Waals surface area contributed by atoms with Crippen molar-refractivity contribution in [3.8, 4) is 5.75 Å². The Morgan fingerprint density at radius 2 is 1.87 bits per heavy atom. The van der Waals surface area contributed by atoms with Gasteiger partial charge in [-0.05, 0) is 41.5 Å². The molecule has 0 aliphatic carbocycles. The Morgan fingerprint density at radius 3 is 2.52 bits per heavy atom. The summed E-state index contributed by atoms with van der Waals surface area (Å²) in [4.78, 5) is 4.22. The molecule has 132 valence electrons. The highest BCUT2D eigenvalue weighted by molar-refractivity contribution is 5.38. The van der Waals surface area contributed by atoms with Crippen LogP contribution < -0.4 is 4.74 Å². The summed E-state index contributed by atoms with van der Waals surface area (Å²) in [6, 6.07) is 6.27. The molecule has 0 unspecified atom stereocenters. The second kappa shape index (κ2) is 10.6. The first-order chi connectivity index (χ1) is 11.0. The van der Waals surface area contributed by atoms with Crippen LogP contribution in [0.1, 0.15) is 64.0 Å². The number of methoxy groups -OCH3 is 1. The summed E-state index contributed by atoms with van der Waals surface area (Å²) in [6.07, 6.45) is 6.87. The summed E-state index contributed by atoms with van der Waals surface area (Å²) in [5.74, 6) is 0.805. The first-order valence-electron chi connectivity index (χ1n) is 8.56. The van der Waals surface area contributed by atoms with Gasteiger partial charge in [-0.15, -0.1) is 0 Å². The molecule has 23 heavy (non-hydrogen) atoms. The predicted octanol–water partition coefficient (Wildman–Crippen LogP) is 4.95. The van der Waals surface area contributed by atoms with Crippen molar-refractivity contribution < 1.29 is 19.6 Å². The number of rotatable bonds is 12. The average Bonchev–Trinajstić information content (AvgIpc) is 2.55. The van der Waals surface area contributed by atoms with E-state index >= 15 is 0 Å².